The van der Waals surface area contributed by atoms with Crippen molar-refractivity contribution in [1.82, 2.24) is 0 Å². The summed E-state index contributed by atoms with van der Waals surface area (Å²) in [4.78, 5) is 11.6. The van der Waals surface area contributed by atoms with Gasteiger partial charge in [0.1, 0.15) is 0 Å². The van der Waals surface area contributed by atoms with Crippen LogP contribution in [-0.4, -0.2) is 5.97 Å². The molecule has 0 amide bonds. The molecule has 80 valence electrons. The van der Waals surface area contributed by atoms with E-state index in [-0.39, 0.29) is 5.97 Å². The molecule has 0 saturated carbocycles. The lowest BCUT2D eigenvalue weighted by Gasteiger charge is -2.02. The molecule has 0 aliphatic carbocycles. The van der Waals surface area contributed by atoms with Crippen molar-refractivity contribution in [3.63, 3.8) is 0 Å². The van der Waals surface area contributed by atoms with Crippen LogP contribution in [-0.2, 0) is 4.74 Å². The fraction of sp³-hybridized carbons (Fsp3) is 0.308. The largest absolute Gasteiger partial charge is 0.431 e. The van der Waals surface area contributed by atoms with Crippen molar-refractivity contribution >= 4 is 5.97 Å². The molecule has 0 aromatic heterocycles. The normalized spacial score (nSPS) is 10.5. The molecule has 0 N–H and O–H groups in total. The van der Waals surface area contributed by atoms with Gasteiger partial charge < -0.3 is 4.74 Å². The van der Waals surface area contributed by atoms with Gasteiger partial charge in [-0.05, 0) is 31.1 Å². The van der Waals surface area contributed by atoms with Gasteiger partial charge in [0.25, 0.3) is 0 Å². The molecule has 0 atom stereocenters. The molecule has 0 heterocycles. The summed E-state index contributed by atoms with van der Waals surface area (Å²) in [6, 6.07) is 7.40. The van der Waals surface area contributed by atoms with Crippen molar-refractivity contribution in [2.24, 2.45) is 0 Å². The maximum absolute atomic E-state index is 11.6. The summed E-state index contributed by atoms with van der Waals surface area (Å²) in [6.45, 7) is 3.97. The van der Waals surface area contributed by atoms with Crippen molar-refractivity contribution in [3.8, 4) is 0 Å². The highest BCUT2D eigenvalue weighted by atomic mass is 16.5. The van der Waals surface area contributed by atoms with Crippen LogP contribution in [0.2, 0.25) is 0 Å². The molecular formula is C13H16O2. The average molecular weight is 204 g/mol. The number of esters is 1. The minimum Gasteiger partial charge on any atom is -0.431 e. The molecule has 0 fully saturated rings. The van der Waals surface area contributed by atoms with E-state index in [0.29, 0.717) is 5.56 Å². The predicted molar refractivity (Wildman–Crippen MR) is 60.6 cm³/mol. The number of allylic oxidation sites excluding steroid dienone is 1. The number of unbranched alkanes of at least 4 members (excludes halogenated alkanes) is 1. The number of hydrogen-bond acceptors (Lipinski definition) is 2. The van der Waals surface area contributed by atoms with Gasteiger partial charge in [0.15, 0.2) is 0 Å². The molecule has 1 aromatic rings. The predicted octanol–water partition coefficient (Wildman–Crippen LogP) is 3.47. The lowest BCUT2D eigenvalue weighted by atomic mass is 10.1. The van der Waals surface area contributed by atoms with Crippen LogP contribution in [0.3, 0.4) is 0 Å². The second kappa shape index (κ2) is 6.02. The first-order valence-electron chi connectivity index (χ1n) is 5.17. The zero-order valence-electron chi connectivity index (χ0n) is 9.19. The molecular weight excluding hydrogens is 188 g/mol. The summed E-state index contributed by atoms with van der Waals surface area (Å²) in [5, 5.41) is 0. The van der Waals surface area contributed by atoms with E-state index in [2.05, 4.69) is 6.92 Å². The van der Waals surface area contributed by atoms with Crippen LogP contribution in [0.5, 0.6) is 0 Å². The van der Waals surface area contributed by atoms with E-state index in [1.165, 1.54) is 6.26 Å². The summed E-state index contributed by atoms with van der Waals surface area (Å²) in [5.41, 5.74) is 1.56. The molecule has 0 radical (unpaired) electrons. The maximum atomic E-state index is 11.6. The van der Waals surface area contributed by atoms with Gasteiger partial charge >= 0.3 is 5.97 Å². The first-order valence-corrected chi connectivity index (χ1v) is 5.17. The molecule has 2 heteroatoms. The van der Waals surface area contributed by atoms with Gasteiger partial charge in [-0.25, -0.2) is 4.79 Å². The Balaban J connectivity index is 2.58. The van der Waals surface area contributed by atoms with E-state index in [0.717, 1.165) is 18.4 Å². The van der Waals surface area contributed by atoms with Crippen molar-refractivity contribution in [1.29, 1.82) is 0 Å². The van der Waals surface area contributed by atoms with E-state index in [4.69, 9.17) is 4.74 Å². The quantitative estimate of drug-likeness (QED) is 0.554. The van der Waals surface area contributed by atoms with Crippen LogP contribution in [0.15, 0.2) is 36.6 Å². The Bertz CT molecular complexity index is 353. The Hall–Kier alpha value is -1.57. The van der Waals surface area contributed by atoms with Crippen molar-refractivity contribution in [2.75, 3.05) is 0 Å². The Morgan fingerprint density at radius 3 is 2.80 bits per heavy atom. The van der Waals surface area contributed by atoms with Gasteiger partial charge in [-0.15, -0.1) is 0 Å². The van der Waals surface area contributed by atoms with Gasteiger partial charge in [-0.3, -0.25) is 0 Å². The second-order valence-corrected chi connectivity index (χ2v) is 3.38. The summed E-state index contributed by atoms with van der Waals surface area (Å²) < 4.78 is 4.99. The molecule has 1 rings (SSSR count). The molecule has 15 heavy (non-hydrogen) atoms. The Morgan fingerprint density at radius 1 is 1.40 bits per heavy atom. The smallest absolute Gasteiger partial charge is 0.343 e. The van der Waals surface area contributed by atoms with Gasteiger partial charge in [0, 0.05) is 0 Å². The monoisotopic (exact) mass is 204 g/mol. The van der Waals surface area contributed by atoms with E-state index >= 15 is 0 Å². The fourth-order valence-corrected chi connectivity index (χ4v) is 1.21. The highest BCUT2D eigenvalue weighted by Gasteiger charge is 2.07. The van der Waals surface area contributed by atoms with E-state index in [1.54, 1.807) is 6.07 Å². The van der Waals surface area contributed by atoms with Crippen LogP contribution < -0.4 is 0 Å². The van der Waals surface area contributed by atoms with Crippen LogP contribution in [0.4, 0.5) is 0 Å². The Kier molecular flexibility index (Phi) is 4.61. The number of carbonyl (C=O) groups excluding carboxylic acids is 1. The summed E-state index contributed by atoms with van der Waals surface area (Å²) in [7, 11) is 0. The van der Waals surface area contributed by atoms with Crippen molar-refractivity contribution < 1.29 is 9.53 Å². The lowest BCUT2D eigenvalue weighted by molar-refractivity contribution is 0.0661. The third-order valence-corrected chi connectivity index (χ3v) is 2.09. The zero-order valence-corrected chi connectivity index (χ0v) is 9.19. The number of aryl methyl sites for hydroxylation is 1. The van der Waals surface area contributed by atoms with Gasteiger partial charge in [0.05, 0.1) is 11.8 Å². The highest BCUT2D eigenvalue weighted by molar-refractivity contribution is 5.91. The second-order valence-electron chi connectivity index (χ2n) is 3.38. The van der Waals surface area contributed by atoms with Gasteiger partial charge in [-0.2, -0.15) is 0 Å². The zero-order chi connectivity index (χ0) is 11.1. The number of ether oxygens (including phenoxy) is 1. The highest BCUT2D eigenvalue weighted by Crippen LogP contribution is 2.08. The summed E-state index contributed by atoms with van der Waals surface area (Å²) >= 11 is 0. The number of benzene rings is 1. The van der Waals surface area contributed by atoms with E-state index in [9.17, 15) is 4.79 Å². The number of rotatable bonds is 4. The van der Waals surface area contributed by atoms with Crippen molar-refractivity contribution in [3.05, 3.63) is 47.7 Å². The third-order valence-electron chi connectivity index (χ3n) is 2.09. The maximum Gasteiger partial charge on any atom is 0.343 e. The first kappa shape index (κ1) is 11.5. The fourth-order valence-electron chi connectivity index (χ4n) is 1.21. The van der Waals surface area contributed by atoms with Crippen molar-refractivity contribution in [2.45, 2.75) is 26.7 Å². The molecule has 2 nitrogen and oxygen atoms in total. The summed E-state index contributed by atoms with van der Waals surface area (Å²) in [5.74, 6) is -0.291. The average Bonchev–Trinajstić information content (AvgIpc) is 2.25. The minimum atomic E-state index is -0.291. The Labute approximate surface area is 90.6 Å². The van der Waals surface area contributed by atoms with E-state index in [1.807, 2.05) is 31.2 Å². The van der Waals surface area contributed by atoms with Crippen LogP contribution >= 0.6 is 0 Å². The number of hydrogen-bond donors (Lipinski definition) is 0. The molecule has 0 spiro atoms. The van der Waals surface area contributed by atoms with Crippen LogP contribution in [0, 0.1) is 6.92 Å². The molecule has 0 saturated heterocycles. The number of carbonyl (C=O) groups is 1. The molecule has 0 bridgehead atoms. The van der Waals surface area contributed by atoms with Gasteiger partial charge in [-0.1, -0.05) is 31.5 Å². The molecule has 0 unspecified atom stereocenters. The van der Waals surface area contributed by atoms with Crippen LogP contribution in [0.25, 0.3) is 0 Å². The standard InChI is InChI=1S/C13H16O2/c1-3-4-7-10-15-13(14)12-9-6-5-8-11(12)2/h5-10H,3-4H2,1-2H3/b10-7+. The SMILES string of the molecule is CCC/C=C/OC(=O)c1ccccc1C. The molecule has 0 aliphatic rings. The lowest BCUT2D eigenvalue weighted by Crippen LogP contribution is -2.02. The molecule has 1 aromatic carbocycles. The van der Waals surface area contributed by atoms with E-state index < -0.39 is 0 Å². The first-order chi connectivity index (χ1) is 7.25. The topological polar surface area (TPSA) is 26.3 Å². The Morgan fingerprint density at radius 2 is 2.13 bits per heavy atom. The summed E-state index contributed by atoms with van der Waals surface area (Å²) in [6.07, 6.45) is 5.31. The minimum absolute atomic E-state index is 0.291. The molecule has 0 aliphatic heterocycles. The van der Waals surface area contributed by atoms with Gasteiger partial charge in [0.2, 0.25) is 0 Å². The van der Waals surface area contributed by atoms with Crippen LogP contribution in [0.1, 0.15) is 35.7 Å². The third kappa shape index (κ3) is 3.58.